The fourth-order valence-corrected chi connectivity index (χ4v) is 1.59. The molecule has 0 aliphatic carbocycles. The smallest absolute Gasteiger partial charge is 0.146 e. The Balaban J connectivity index is 2.07. The molecule has 0 unspecified atom stereocenters. The summed E-state index contributed by atoms with van der Waals surface area (Å²) in [5, 5.41) is 0. The summed E-state index contributed by atoms with van der Waals surface area (Å²) in [6, 6.07) is 6.22. The molecule has 4 heteroatoms. The Bertz CT molecular complexity index is 508. The van der Waals surface area contributed by atoms with Crippen LogP contribution in [-0.2, 0) is 13.2 Å². The van der Waals surface area contributed by atoms with Gasteiger partial charge in [0.2, 0.25) is 0 Å². The lowest BCUT2D eigenvalue weighted by Gasteiger charge is -2.08. The van der Waals surface area contributed by atoms with Crippen LogP contribution in [0.3, 0.4) is 0 Å². The van der Waals surface area contributed by atoms with Gasteiger partial charge in [0.1, 0.15) is 23.9 Å². The first-order valence-corrected chi connectivity index (χ1v) is 5.35. The minimum absolute atomic E-state index is 0.268. The number of furan rings is 1. The van der Waals surface area contributed by atoms with Crippen LogP contribution in [0.15, 0.2) is 34.9 Å². The largest absolute Gasteiger partial charge is 0.485 e. The predicted octanol–water partition coefficient (Wildman–Crippen LogP) is 2.76. The monoisotopic (exact) mass is 235 g/mol. The van der Waals surface area contributed by atoms with Crippen LogP contribution in [0.1, 0.15) is 16.9 Å². The zero-order valence-electron chi connectivity index (χ0n) is 9.57. The maximum Gasteiger partial charge on any atom is 0.146 e. The maximum atomic E-state index is 12.9. The highest BCUT2D eigenvalue weighted by Gasteiger charge is 2.07. The average molecular weight is 235 g/mol. The van der Waals surface area contributed by atoms with Crippen LogP contribution in [0, 0.1) is 12.7 Å². The number of nitrogens with two attached hydrogens (primary N) is 1. The third kappa shape index (κ3) is 2.65. The Hall–Kier alpha value is -1.81. The van der Waals surface area contributed by atoms with Gasteiger partial charge >= 0.3 is 0 Å². The van der Waals surface area contributed by atoms with Crippen molar-refractivity contribution in [2.45, 2.75) is 20.1 Å². The molecule has 0 atom stereocenters. The first-order chi connectivity index (χ1) is 8.20. The number of aryl methyl sites for hydroxylation is 1. The third-order valence-electron chi connectivity index (χ3n) is 2.55. The van der Waals surface area contributed by atoms with Gasteiger partial charge in [-0.05, 0) is 36.8 Å². The minimum atomic E-state index is -0.268. The second-order valence-electron chi connectivity index (χ2n) is 3.77. The Labute approximate surface area is 99.0 Å². The van der Waals surface area contributed by atoms with E-state index in [0.717, 1.165) is 11.1 Å². The highest BCUT2D eigenvalue weighted by atomic mass is 19.1. The Kier molecular flexibility index (Phi) is 3.44. The Morgan fingerprint density at radius 3 is 2.88 bits per heavy atom. The van der Waals surface area contributed by atoms with Crippen LogP contribution in [0.25, 0.3) is 0 Å². The molecule has 17 heavy (non-hydrogen) atoms. The molecule has 0 amide bonds. The molecular weight excluding hydrogens is 221 g/mol. The first-order valence-electron chi connectivity index (χ1n) is 5.35. The normalized spacial score (nSPS) is 10.5. The highest BCUT2D eigenvalue weighted by Crippen LogP contribution is 2.20. The van der Waals surface area contributed by atoms with Crippen LogP contribution >= 0.6 is 0 Å². The van der Waals surface area contributed by atoms with Crippen LogP contribution in [0.5, 0.6) is 5.75 Å². The van der Waals surface area contributed by atoms with Gasteiger partial charge in [0.05, 0.1) is 6.26 Å². The van der Waals surface area contributed by atoms with Gasteiger partial charge in [-0.2, -0.15) is 0 Å². The van der Waals surface area contributed by atoms with Gasteiger partial charge in [-0.25, -0.2) is 4.39 Å². The highest BCUT2D eigenvalue weighted by molar-refractivity contribution is 5.32. The molecule has 1 heterocycles. The number of ether oxygens (including phenoxy) is 1. The van der Waals surface area contributed by atoms with Crippen molar-refractivity contribution in [1.82, 2.24) is 0 Å². The topological polar surface area (TPSA) is 48.4 Å². The van der Waals surface area contributed by atoms with Crippen LogP contribution in [0.2, 0.25) is 0 Å². The summed E-state index contributed by atoms with van der Waals surface area (Å²) in [6.07, 6.45) is 1.58. The molecule has 1 aromatic carbocycles. The summed E-state index contributed by atoms with van der Waals surface area (Å²) in [6.45, 7) is 2.51. The molecule has 2 N–H and O–H groups in total. The first kappa shape index (κ1) is 11.7. The van der Waals surface area contributed by atoms with E-state index in [0.29, 0.717) is 24.7 Å². The molecule has 0 aliphatic heterocycles. The van der Waals surface area contributed by atoms with E-state index in [1.165, 1.54) is 12.1 Å². The number of halogens is 1. The lowest BCUT2D eigenvalue weighted by molar-refractivity contribution is 0.266. The van der Waals surface area contributed by atoms with Crippen molar-refractivity contribution in [1.29, 1.82) is 0 Å². The van der Waals surface area contributed by atoms with Crippen LogP contribution in [-0.4, -0.2) is 0 Å². The van der Waals surface area contributed by atoms with Crippen molar-refractivity contribution in [2.24, 2.45) is 5.73 Å². The van der Waals surface area contributed by atoms with Gasteiger partial charge < -0.3 is 14.9 Å². The van der Waals surface area contributed by atoms with Crippen LogP contribution < -0.4 is 10.5 Å². The van der Waals surface area contributed by atoms with Crippen molar-refractivity contribution in [3.8, 4) is 5.75 Å². The van der Waals surface area contributed by atoms with Gasteiger partial charge in [-0.1, -0.05) is 0 Å². The van der Waals surface area contributed by atoms with E-state index >= 15 is 0 Å². The van der Waals surface area contributed by atoms with Gasteiger partial charge in [0.15, 0.2) is 0 Å². The minimum Gasteiger partial charge on any atom is -0.485 e. The van der Waals surface area contributed by atoms with E-state index in [2.05, 4.69) is 0 Å². The van der Waals surface area contributed by atoms with E-state index < -0.39 is 0 Å². The molecule has 0 fully saturated rings. The average Bonchev–Trinajstić information content (AvgIpc) is 2.75. The third-order valence-corrected chi connectivity index (χ3v) is 2.55. The molecule has 2 aromatic rings. The SMILES string of the molecule is Cc1cc(F)ccc1OCc1occc1CN. The molecule has 0 saturated heterocycles. The zero-order chi connectivity index (χ0) is 12.3. The standard InChI is InChI=1S/C13H14FNO2/c1-9-6-11(14)2-3-12(9)17-8-13-10(7-15)4-5-16-13/h2-6H,7-8,15H2,1H3. The summed E-state index contributed by atoms with van der Waals surface area (Å²) in [5.41, 5.74) is 7.23. The second kappa shape index (κ2) is 5.01. The van der Waals surface area contributed by atoms with E-state index in [1.807, 2.05) is 6.07 Å². The fraction of sp³-hybridized carbons (Fsp3) is 0.231. The van der Waals surface area contributed by atoms with Gasteiger partial charge in [-0.15, -0.1) is 0 Å². The van der Waals surface area contributed by atoms with E-state index in [9.17, 15) is 4.39 Å². The predicted molar refractivity (Wildman–Crippen MR) is 62.1 cm³/mol. The van der Waals surface area contributed by atoms with Gasteiger partial charge in [0.25, 0.3) is 0 Å². The Morgan fingerprint density at radius 1 is 1.35 bits per heavy atom. The molecule has 3 nitrogen and oxygen atoms in total. The molecular formula is C13H14FNO2. The van der Waals surface area contributed by atoms with E-state index in [1.54, 1.807) is 19.3 Å². The molecule has 0 spiro atoms. The zero-order valence-corrected chi connectivity index (χ0v) is 9.57. The van der Waals surface area contributed by atoms with Crippen molar-refractivity contribution in [3.05, 3.63) is 53.2 Å². The lowest BCUT2D eigenvalue weighted by Crippen LogP contribution is -2.02. The quantitative estimate of drug-likeness (QED) is 0.886. The van der Waals surface area contributed by atoms with Gasteiger partial charge in [0, 0.05) is 12.1 Å². The van der Waals surface area contributed by atoms with Gasteiger partial charge in [-0.3, -0.25) is 0 Å². The van der Waals surface area contributed by atoms with E-state index in [-0.39, 0.29) is 5.82 Å². The summed E-state index contributed by atoms with van der Waals surface area (Å²) in [4.78, 5) is 0. The molecule has 1 aromatic heterocycles. The number of hydrogen-bond acceptors (Lipinski definition) is 3. The van der Waals surface area contributed by atoms with Crippen molar-refractivity contribution >= 4 is 0 Å². The Morgan fingerprint density at radius 2 is 2.18 bits per heavy atom. The van der Waals surface area contributed by atoms with Crippen LogP contribution in [0.4, 0.5) is 4.39 Å². The summed E-state index contributed by atoms with van der Waals surface area (Å²) < 4.78 is 23.7. The molecule has 0 aliphatic rings. The van der Waals surface area contributed by atoms with Crippen molar-refractivity contribution in [3.63, 3.8) is 0 Å². The molecule has 0 radical (unpaired) electrons. The summed E-state index contributed by atoms with van der Waals surface area (Å²) in [7, 11) is 0. The molecule has 0 bridgehead atoms. The van der Waals surface area contributed by atoms with Crippen molar-refractivity contribution < 1.29 is 13.5 Å². The van der Waals surface area contributed by atoms with Crippen molar-refractivity contribution in [2.75, 3.05) is 0 Å². The summed E-state index contributed by atoms with van der Waals surface area (Å²) >= 11 is 0. The molecule has 90 valence electrons. The molecule has 2 rings (SSSR count). The number of hydrogen-bond donors (Lipinski definition) is 1. The summed E-state index contributed by atoms with van der Waals surface area (Å²) in [5.74, 6) is 1.08. The molecule has 0 saturated carbocycles. The number of rotatable bonds is 4. The second-order valence-corrected chi connectivity index (χ2v) is 3.77. The number of benzene rings is 1. The maximum absolute atomic E-state index is 12.9. The van der Waals surface area contributed by atoms with E-state index in [4.69, 9.17) is 14.9 Å². The lowest BCUT2D eigenvalue weighted by atomic mass is 10.2. The fourth-order valence-electron chi connectivity index (χ4n) is 1.59.